The lowest BCUT2D eigenvalue weighted by molar-refractivity contribution is 0.0694. The second kappa shape index (κ2) is 6.91. The summed E-state index contributed by atoms with van der Waals surface area (Å²) < 4.78 is 36.4. The van der Waals surface area contributed by atoms with E-state index in [0.717, 1.165) is 37.9 Å². The second-order valence-electron chi connectivity index (χ2n) is 9.10. The monoisotopic (exact) mass is 433 g/mol. The molecular weight excluding hydrogens is 408 g/mol. The first-order chi connectivity index (χ1) is 14.7. The van der Waals surface area contributed by atoms with E-state index < -0.39 is 40.5 Å². The molecule has 31 heavy (non-hydrogen) atoms. The van der Waals surface area contributed by atoms with Crippen molar-refractivity contribution in [3.05, 3.63) is 33.9 Å². The van der Waals surface area contributed by atoms with Crippen molar-refractivity contribution >= 4 is 22.6 Å². The zero-order valence-electron chi connectivity index (χ0n) is 17.2. The third-order valence-electron chi connectivity index (χ3n) is 7.17. The minimum absolute atomic E-state index is 0.116. The summed E-state index contributed by atoms with van der Waals surface area (Å²) in [6.07, 6.45) is 4.15. The van der Waals surface area contributed by atoms with Gasteiger partial charge in [-0.15, -0.1) is 0 Å². The normalized spacial score (nSPS) is 29.8. The lowest BCUT2D eigenvalue weighted by atomic mass is 9.76. The van der Waals surface area contributed by atoms with E-state index in [1.807, 2.05) is 4.90 Å². The molecule has 5 rings (SSSR count). The fourth-order valence-corrected chi connectivity index (χ4v) is 5.46. The van der Waals surface area contributed by atoms with E-state index in [4.69, 9.17) is 10.5 Å². The SMILES string of the molecule is COc1c(N2C[C@H]3CCCC[C@@]3(N)C2)c(F)cc2c(=O)c(C(=O)O)cn([C@@H]3C[C@@H]3F)c12. The molecule has 9 heteroatoms. The van der Waals surface area contributed by atoms with Crippen LogP contribution in [0.25, 0.3) is 10.9 Å². The fourth-order valence-electron chi connectivity index (χ4n) is 5.46. The number of aromatic carboxylic acids is 1. The lowest BCUT2D eigenvalue weighted by Gasteiger charge is -2.34. The van der Waals surface area contributed by atoms with Gasteiger partial charge in [-0.1, -0.05) is 12.8 Å². The van der Waals surface area contributed by atoms with Gasteiger partial charge in [0.1, 0.15) is 17.4 Å². The Balaban J connectivity index is 1.74. The number of aromatic nitrogens is 1. The predicted octanol–water partition coefficient (Wildman–Crippen LogP) is 2.84. The predicted molar refractivity (Wildman–Crippen MR) is 111 cm³/mol. The van der Waals surface area contributed by atoms with Crippen LogP contribution < -0.4 is 20.8 Å². The molecule has 0 unspecified atom stereocenters. The van der Waals surface area contributed by atoms with Crippen molar-refractivity contribution < 1.29 is 23.4 Å². The van der Waals surface area contributed by atoms with Crippen molar-refractivity contribution in [3.8, 4) is 5.75 Å². The summed E-state index contributed by atoms with van der Waals surface area (Å²) >= 11 is 0. The molecule has 0 bridgehead atoms. The molecule has 1 aliphatic heterocycles. The Morgan fingerprint density at radius 2 is 2.13 bits per heavy atom. The van der Waals surface area contributed by atoms with Gasteiger partial charge in [0.05, 0.1) is 24.1 Å². The Bertz CT molecular complexity index is 1150. The van der Waals surface area contributed by atoms with Crippen LogP contribution in [0.1, 0.15) is 48.5 Å². The highest BCUT2D eigenvalue weighted by molar-refractivity contribution is 5.97. The number of hydrogen-bond acceptors (Lipinski definition) is 5. The van der Waals surface area contributed by atoms with Crippen LogP contribution in [0.3, 0.4) is 0 Å². The average molecular weight is 433 g/mol. The molecule has 7 nitrogen and oxygen atoms in total. The Morgan fingerprint density at radius 3 is 2.74 bits per heavy atom. The van der Waals surface area contributed by atoms with Crippen LogP contribution in [0, 0.1) is 11.7 Å². The molecule has 3 aliphatic rings. The highest BCUT2D eigenvalue weighted by Gasteiger charge is 2.47. The third-order valence-corrected chi connectivity index (χ3v) is 7.17. The maximum absolute atomic E-state index is 15.4. The van der Waals surface area contributed by atoms with Gasteiger partial charge in [0.2, 0.25) is 5.43 Å². The van der Waals surface area contributed by atoms with Crippen molar-refractivity contribution in [1.82, 2.24) is 4.57 Å². The first kappa shape index (κ1) is 20.2. The van der Waals surface area contributed by atoms with Crippen LogP contribution in [0.5, 0.6) is 5.75 Å². The van der Waals surface area contributed by atoms with Crippen LogP contribution in [0.15, 0.2) is 17.1 Å². The summed E-state index contributed by atoms with van der Waals surface area (Å²) in [4.78, 5) is 26.3. The molecule has 1 saturated heterocycles. The molecule has 4 atom stereocenters. The molecule has 3 N–H and O–H groups in total. The van der Waals surface area contributed by atoms with Gasteiger partial charge in [-0.05, 0) is 24.8 Å². The van der Waals surface area contributed by atoms with Crippen molar-refractivity contribution in [1.29, 1.82) is 0 Å². The largest absolute Gasteiger partial charge is 0.492 e. The summed E-state index contributed by atoms with van der Waals surface area (Å²) in [5.41, 5.74) is 5.33. The standard InChI is InChI=1S/C22H25F2N3O4/c1-31-20-17-12(19(28)13(21(29)30)9-27(17)16-7-14(16)23)6-15(24)18(20)26-8-11-4-2-3-5-22(11,25)10-26/h6,9,11,14,16H,2-5,7-8,10,25H2,1H3,(H,29,30)/t11-,14+,16-,22-/m1/s1. The van der Waals surface area contributed by atoms with Crippen molar-refractivity contribution in [2.45, 2.75) is 49.9 Å². The summed E-state index contributed by atoms with van der Waals surface area (Å²) in [5.74, 6) is -1.76. The number of benzene rings is 1. The average Bonchev–Trinajstić information content (AvgIpc) is 3.33. The molecular formula is C22H25F2N3O4. The van der Waals surface area contributed by atoms with Crippen LogP contribution in [0.2, 0.25) is 0 Å². The fraction of sp³-hybridized carbons (Fsp3) is 0.545. The molecule has 2 heterocycles. The van der Waals surface area contributed by atoms with Crippen LogP contribution in [0.4, 0.5) is 14.5 Å². The number of fused-ring (bicyclic) bond motifs is 2. The molecule has 0 spiro atoms. The Hall–Kier alpha value is -2.68. The smallest absolute Gasteiger partial charge is 0.341 e. The number of nitrogens with two attached hydrogens (primary N) is 1. The van der Waals surface area contributed by atoms with Gasteiger partial charge in [0, 0.05) is 31.2 Å². The quantitative estimate of drug-likeness (QED) is 0.770. The number of methoxy groups -OCH3 is 1. The molecule has 1 aromatic carbocycles. The number of hydrogen-bond donors (Lipinski definition) is 2. The van der Waals surface area contributed by atoms with Gasteiger partial charge in [-0.25, -0.2) is 13.6 Å². The van der Waals surface area contributed by atoms with Gasteiger partial charge < -0.3 is 25.0 Å². The molecule has 166 valence electrons. The molecule has 2 saturated carbocycles. The second-order valence-corrected chi connectivity index (χ2v) is 9.10. The highest BCUT2D eigenvalue weighted by atomic mass is 19.1. The van der Waals surface area contributed by atoms with E-state index >= 15 is 4.39 Å². The minimum Gasteiger partial charge on any atom is -0.492 e. The lowest BCUT2D eigenvalue weighted by Crippen LogP contribution is -2.49. The number of carboxylic acid groups (broad SMARTS) is 1. The highest BCUT2D eigenvalue weighted by Crippen LogP contribution is 2.47. The van der Waals surface area contributed by atoms with E-state index in [9.17, 15) is 19.1 Å². The maximum atomic E-state index is 15.4. The van der Waals surface area contributed by atoms with E-state index in [1.54, 1.807) is 0 Å². The topological polar surface area (TPSA) is 97.8 Å². The van der Waals surface area contributed by atoms with Crippen LogP contribution in [-0.4, -0.2) is 47.6 Å². The molecule has 3 fully saturated rings. The van der Waals surface area contributed by atoms with Crippen molar-refractivity contribution in [2.24, 2.45) is 11.7 Å². The minimum atomic E-state index is -1.44. The number of carbonyl (C=O) groups is 1. The zero-order valence-corrected chi connectivity index (χ0v) is 17.2. The summed E-state index contributed by atoms with van der Waals surface area (Å²) in [6.45, 7) is 1.03. The molecule has 1 aromatic heterocycles. The number of alkyl halides is 1. The Labute approximate surface area is 177 Å². The molecule has 2 aliphatic carbocycles. The van der Waals surface area contributed by atoms with Gasteiger partial charge in [0.25, 0.3) is 0 Å². The van der Waals surface area contributed by atoms with Crippen molar-refractivity contribution in [2.75, 3.05) is 25.1 Å². The Morgan fingerprint density at radius 1 is 1.39 bits per heavy atom. The van der Waals surface area contributed by atoms with Crippen LogP contribution >= 0.6 is 0 Å². The molecule has 0 radical (unpaired) electrons. The van der Waals surface area contributed by atoms with E-state index in [2.05, 4.69) is 0 Å². The van der Waals surface area contributed by atoms with Gasteiger partial charge >= 0.3 is 5.97 Å². The number of halogens is 2. The molecule has 2 aromatic rings. The summed E-state index contributed by atoms with van der Waals surface area (Å²) in [7, 11) is 1.37. The number of nitrogens with zero attached hydrogens (tertiary/aromatic N) is 2. The maximum Gasteiger partial charge on any atom is 0.341 e. The first-order valence-electron chi connectivity index (χ1n) is 10.6. The van der Waals surface area contributed by atoms with E-state index in [1.165, 1.54) is 11.7 Å². The number of rotatable bonds is 4. The van der Waals surface area contributed by atoms with Gasteiger partial charge in [0.15, 0.2) is 11.6 Å². The van der Waals surface area contributed by atoms with Gasteiger partial charge in [-0.3, -0.25) is 4.79 Å². The number of carboxylic acids is 1. The first-order valence-corrected chi connectivity index (χ1v) is 10.6. The van der Waals surface area contributed by atoms with E-state index in [-0.39, 0.29) is 34.7 Å². The van der Waals surface area contributed by atoms with Crippen molar-refractivity contribution in [3.63, 3.8) is 0 Å². The molecule has 0 amide bonds. The zero-order chi connectivity index (χ0) is 22.1. The summed E-state index contributed by atoms with van der Waals surface area (Å²) in [5, 5.41) is 9.30. The summed E-state index contributed by atoms with van der Waals surface area (Å²) in [6, 6.07) is 0.439. The van der Waals surface area contributed by atoms with Crippen LogP contribution in [-0.2, 0) is 0 Å². The number of anilines is 1. The number of pyridine rings is 1. The third kappa shape index (κ3) is 3.01. The Kier molecular flexibility index (Phi) is 4.51. The van der Waals surface area contributed by atoms with E-state index in [0.29, 0.717) is 13.1 Å². The number of ether oxygens (including phenoxy) is 1. The van der Waals surface area contributed by atoms with Gasteiger partial charge in [-0.2, -0.15) is 0 Å².